The van der Waals surface area contributed by atoms with Crippen LogP contribution in [0.5, 0.6) is 5.75 Å². The van der Waals surface area contributed by atoms with Gasteiger partial charge in [0.1, 0.15) is 11.5 Å². The maximum absolute atomic E-state index is 11.7. The van der Waals surface area contributed by atoms with Crippen LogP contribution in [0.2, 0.25) is 0 Å². The molecule has 0 unspecified atom stereocenters. The second-order valence-corrected chi connectivity index (χ2v) is 7.60. The summed E-state index contributed by atoms with van der Waals surface area (Å²) in [4.78, 5) is 11.7. The monoisotopic (exact) mass is 302 g/mol. The highest BCUT2D eigenvalue weighted by Gasteiger charge is 2.41. The normalized spacial score (nSPS) is 17.4. The lowest BCUT2D eigenvalue weighted by Gasteiger charge is -2.30. The Morgan fingerprint density at radius 3 is 2.41 bits per heavy atom. The highest BCUT2D eigenvalue weighted by atomic mass is 16.5. The number of carbonyl (C=O) groups excluding carboxylic acids is 1. The number of carbonyl (C=O) groups is 1. The molecule has 0 radical (unpaired) electrons. The molecule has 1 aliphatic rings. The summed E-state index contributed by atoms with van der Waals surface area (Å²) >= 11 is 0. The molecule has 22 heavy (non-hydrogen) atoms. The summed E-state index contributed by atoms with van der Waals surface area (Å²) in [6.45, 7) is 13.3. The van der Waals surface area contributed by atoms with E-state index in [-0.39, 0.29) is 16.6 Å². The molecule has 0 amide bonds. The molecule has 2 rings (SSSR count). The van der Waals surface area contributed by atoms with E-state index in [2.05, 4.69) is 34.6 Å². The molecule has 1 aromatic rings. The van der Waals surface area contributed by atoms with Gasteiger partial charge in [-0.25, -0.2) is 0 Å². The second kappa shape index (κ2) is 5.45. The van der Waals surface area contributed by atoms with Crippen LogP contribution in [0.4, 0.5) is 0 Å². The molecule has 0 bridgehead atoms. The maximum atomic E-state index is 11.7. The quantitative estimate of drug-likeness (QED) is 0.758. The minimum absolute atomic E-state index is 0.0000651. The molecule has 0 atom stereocenters. The standard InChI is InChI=1S/C19H26O3/c1-12(20)14-9-8-13(10-15(14)21-7)16-17(18(2,3)4)19(5,6)11-22-16/h8-10H,11H2,1-7H3. The van der Waals surface area contributed by atoms with E-state index in [1.54, 1.807) is 14.0 Å². The van der Waals surface area contributed by atoms with E-state index in [0.29, 0.717) is 17.9 Å². The van der Waals surface area contributed by atoms with Crippen LogP contribution >= 0.6 is 0 Å². The molecule has 0 spiro atoms. The fraction of sp³-hybridized carbons (Fsp3) is 0.526. The Kier molecular flexibility index (Phi) is 4.12. The Morgan fingerprint density at radius 2 is 1.91 bits per heavy atom. The van der Waals surface area contributed by atoms with Gasteiger partial charge in [-0.1, -0.05) is 40.7 Å². The summed E-state index contributed by atoms with van der Waals surface area (Å²) < 4.78 is 11.4. The first-order valence-corrected chi connectivity index (χ1v) is 7.65. The average molecular weight is 302 g/mol. The zero-order chi connectivity index (χ0) is 16.7. The van der Waals surface area contributed by atoms with Crippen molar-refractivity contribution in [1.29, 1.82) is 0 Å². The summed E-state index contributed by atoms with van der Waals surface area (Å²) in [7, 11) is 1.59. The van der Waals surface area contributed by atoms with Crippen LogP contribution in [-0.4, -0.2) is 19.5 Å². The van der Waals surface area contributed by atoms with Crippen LogP contribution < -0.4 is 4.74 Å². The number of rotatable bonds is 3. The summed E-state index contributed by atoms with van der Waals surface area (Å²) in [6, 6.07) is 5.67. The van der Waals surface area contributed by atoms with Gasteiger partial charge in [-0.3, -0.25) is 4.79 Å². The largest absolute Gasteiger partial charge is 0.496 e. The van der Waals surface area contributed by atoms with Crippen molar-refractivity contribution in [3.63, 3.8) is 0 Å². The molecule has 0 saturated heterocycles. The van der Waals surface area contributed by atoms with Crippen molar-refractivity contribution in [3.05, 3.63) is 34.9 Å². The van der Waals surface area contributed by atoms with E-state index in [0.717, 1.165) is 11.3 Å². The molecule has 1 heterocycles. The van der Waals surface area contributed by atoms with Gasteiger partial charge in [-0.15, -0.1) is 0 Å². The van der Waals surface area contributed by atoms with Crippen LogP contribution in [-0.2, 0) is 4.74 Å². The molecule has 3 nitrogen and oxygen atoms in total. The zero-order valence-electron chi connectivity index (χ0n) is 14.7. The van der Waals surface area contributed by atoms with E-state index in [4.69, 9.17) is 9.47 Å². The van der Waals surface area contributed by atoms with Crippen LogP contribution in [0.15, 0.2) is 23.8 Å². The zero-order valence-corrected chi connectivity index (χ0v) is 14.7. The van der Waals surface area contributed by atoms with Crippen LogP contribution in [0.25, 0.3) is 5.76 Å². The minimum Gasteiger partial charge on any atom is -0.496 e. The SMILES string of the molecule is COc1cc(C2=C(C(C)(C)C)C(C)(C)CO2)ccc1C(C)=O. The fourth-order valence-corrected chi connectivity index (χ4v) is 3.41. The van der Waals surface area contributed by atoms with E-state index < -0.39 is 0 Å². The van der Waals surface area contributed by atoms with Gasteiger partial charge in [0.05, 0.1) is 19.3 Å². The fourth-order valence-electron chi connectivity index (χ4n) is 3.41. The Balaban J connectivity index is 2.62. The smallest absolute Gasteiger partial charge is 0.163 e. The van der Waals surface area contributed by atoms with Crippen LogP contribution in [0.1, 0.15) is 57.5 Å². The third kappa shape index (κ3) is 2.90. The van der Waals surface area contributed by atoms with Crippen LogP contribution in [0, 0.1) is 10.8 Å². The Labute approximate surface area is 133 Å². The van der Waals surface area contributed by atoms with E-state index in [1.165, 1.54) is 5.57 Å². The van der Waals surface area contributed by atoms with Gasteiger partial charge in [0, 0.05) is 11.0 Å². The molecule has 1 aliphatic heterocycles. The van der Waals surface area contributed by atoms with Gasteiger partial charge in [-0.2, -0.15) is 0 Å². The van der Waals surface area contributed by atoms with Gasteiger partial charge < -0.3 is 9.47 Å². The van der Waals surface area contributed by atoms with Crippen molar-refractivity contribution >= 4 is 11.5 Å². The van der Waals surface area contributed by atoms with E-state index in [1.807, 2.05) is 18.2 Å². The van der Waals surface area contributed by atoms with E-state index >= 15 is 0 Å². The minimum atomic E-state index is 0.0000651. The lowest BCUT2D eigenvalue weighted by molar-refractivity contribution is 0.101. The molecule has 0 aliphatic carbocycles. The highest BCUT2D eigenvalue weighted by Crippen LogP contribution is 2.49. The van der Waals surface area contributed by atoms with E-state index in [9.17, 15) is 4.79 Å². The first-order chi connectivity index (χ1) is 10.1. The lowest BCUT2D eigenvalue weighted by atomic mass is 9.71. The first-order valence-electron chi connectivity index (χ1n) is 7.65. The predicted octanol–water partition coefficient (Wildman–Crippen LogP) is 4.71. The van der Waals surface area contributed by atoms with Gasteiger partial charge in [0.15, 0.2) is 5.78 Å². The number of Topliss-reactive ketones (excluding diaryl/α,β-unsaturated/α-hetero) is 1. The molecule has 3 heteroatoms. The van der Waals surface area contributed by atoms with Crippen molar-refractivity contribution in [2.75, 3.05) is 13.7 Å². The number of ketones is 1. The summed E-state index contributed by atoms with van der Waals surface area (Å²) in [5.74, 6) is 1.52. The third-order valence-corrected chi connectivity index (χ3v) is 4.07. The first kappa shape index (κ1) is 16.6. The van der Waals surface area contributed by atoms with Gasteiger partial charge in [0.2, 0.25) is 0 Å². The maximum Gasteiger partial charge on any atom is 0.163 e. The number of hydrogen-bond donors (Lipinski definition) is 0. The molecule has 0 N–H and O–H groups in total. The third-order valence-electron chi connectivity index (χ3n) is 4.07. The van der Waals surface area contributed by atoms with Gasteiger partial charge >= 0.3 is 0 Å². The lowest BCUT2D eigenvalue weighted by Crippen LogP contribution is -2.24. The van der Waals surface area contributed by atoms with Gasteiger partial charge in [-0.05, 0) is 30.0 Å². The van der Waals surface area contributed by atoms with Crippen molar-refractivity contribution in [3.8, 4) is 5.75 Å². The van der Waals surface area contributed by atoms with Crippen molar-refractivity contribution in [2.24, 2.45) is 10.8 Å². The molecule has 0 fully saturated rings. The molecule has 1 aromatic carbocycles. The Hall–Kier alpha value is -1.77. The topological polar surface area (TPSA) is 35.5 Å². The van der Waals surface area contributed by atoms with Crippen molar-refractivity contribution in [2.45, 2.75) is 41.5 Å². The number of methoxy groups -OCH3 is 1. The summed E-state index contributed by atoms with van der Waals surface area (Å²) in [5.41, 5.74) is 2.89. The molecular weight excluding hydrogens is 276 g/mol. The molecule has 0 aromatic heterocycles. The van der Waals surface area contributed by atoms with Crippen LogP contribution in [0.3, 0.4) is 0 Å². The van der Waals surface area contributed by atoms with Crippen molar-refractivity contribution < 1.29 is 14.3 Å². The summed E-state index contributed by atoms with van der Waals surface area (Å²) in [5, 5.41) is 0. The molecule has 120 valence electrons. The number of hydrogen-bond acceptors (Lipinski definition) is 3. The Bertz CT molecular complexity index is 631. The van der Waals surface area contributed by atoms with Gasteiger partial charge in [0.25, 0.3) is 0 Å². The highest BCUT2D eigenvalue weighted by molar-refractivity contribution is 5.97. The molecule has 0 saturated carbocycles. The number of benzene rings is 1. The second-order valence-electron chi connectivity index (χ2n) is 7.60. The Morgan fingerprint density at radius 1 is 1.27 bits per heavy atom. The average Bonchev–Trinajstić information content (AvgIpc) is 2.73. The predicted molar refractivity (Wildman–Crippen MR) is 89.1 cm³/mol. The molecular formula is C19H26O3. The summed E-state index contributed by atoms with van der Waals surface area (Å²) in [6.07, 6.45) is 0. The number of ether oxygens (including phenoxy) is 2. The van der Waals surface area contributed by atoms with Crippen molar-refractivity contribution in [1.82, 2.24) is 0 Å².